The zero-order chi connectivity index (χ0) is 33.7. The highest BCUT2D eigenvalue weighted by molar-refractivity contribution is 5.94. The maximum Gasteiger partial charge on any atom is 0.252 e. The van der Waals surface area contributed by atoms with Crippen LogP contribution in [0.1, 0.15) is 72.8 Å². The average molecular weight is 644 g/mol. The number of carbonyl (C=O) groups is 3. The highest BCUT2D eigenvalue weighted by Gasteiger charge is 2.29. The minimum atomic E-state index is -0.427. The molecule has 0 bridgehead atoms. The third kappa shape index (κ3) is 7.82. The number of rotatable bonds is 11. The zero-order valence-electron chi connectivity index (χ0n) is 27.5. The van der Waals surface area contributed by atoms with E-state index in [-0.39, 0.29) is 42.2 Å². The number of methoxy groups -OCH3 is 1. The molecule has 248 valence electrons. The summed E-state index contributed by atoms with van der Waals surface area (Å²) in [6.45, 7) is 4.08. The molecule has 0 spiro atoms. The Morgan fingerprint density at radius 1 is 1.09 bits per heavy atom. The molecule has 1 fully saturated rings. The lowest BCUT2D eigenvalue weighted by atomic mass is 9.85. The molecule has 11 nitrogen and oxygen atoms in total. The van der Waals surface area contributed by atoms with Crippen LogP contribution in [0.5, 0.6) is 0 Å². The van der Waals surface area contributed by atoms with E-state index in [1.807, 2.05) is 33.0 Å². The molecule has 3 amide bonds. The SMILES string of the molecule is CNC(=O)c1ccc(CCc2cnc(NC(=O)[C@H]3CCC[C@@H](NC(=O)COC)C3)cc2-c2cc(F)c3nn(C)c(C(C)C)c3c2)nc1. The first-order chi connectivity index (χ1) is 22.6. The first kappa shape index (κ1) is 33.6. The molecule has 1 saturated carbocycles. The lowest BCUT2D eigenvalue weighted by Crippen LogP contribution is -2.42. The van der Waals surface area contributed by atoms with Crippen LogP contribution in [0.3, 0.4) is 0 Å². The second-order valence-corrected chi connectivity index (χ2v) is 12.4. The Morgan fingerprint density at radius 3 is 2.60 bits per heavy atom. The van der Waals surface area contributed by atoms with Crippen LogP contribution in [0.25, 0.3) is 22.0 Å². The molecule has 1 aliphatic rings. The van der Waals surface area contributed by atoms with E-state index in [4.69, 9.17) is 4.74 Å². The lowest BCUT2D eigenvalue weighted by molar-refractivity contribution is -0.127. The van der Waals surface area contributed by atoms with Gasteiger partial charge >= 0.3 is 0 Å². The van der Waals surface area contributed by atoms with Gasteiger partial charge in [-0.25, -0.2) is 9.37 Å². The number of benzene rings is 1. The third-order valence-electron chi connectivity index (χ3n) is 8.68. The quantitative estimate of drug-likeness (QED) is 0.215. The second kappa shape index (κ2) is 14.8. The number of nitrogens with zero attached hydrogens (tertiary/aromatic N) is 4. The monoisotopic (exact) mass is 643 g/mol. The summed E-state index contributed by atoms with van der Waals surface area (Å²) in [6.07, 6.45) is 7.21. The Kier molecular flexibility index (Phi) is 10.6. The molecule has 0 radical (unpaired) electrons. The number of hydrogen-bond acceptors (Lipinski definition) is 7. The number of halogens is 1. The van der Waals surface area contributed by atoms with Gasteiger partial charge in [-0.15, -0.1) is 0 Å². The largest absolute Gasteiger partial charge is 0.375 e. The summed E-state index contributed by atoms with van der Waals surface area (Å²) in [5.74, 6) is -0.806. The Bertz CT molecular complexity index is 1770. The molecule has 0 aliphatic heterocycles. The highest BCUT2D eigenvalue weighted by Crippen LogP contribution is 2.34. The van der Waals surface area contributed by atoms with Crippen molar-refractivity contribution in [3.63, 3.8) is 0 Å². The number of aryl methyl sites for hydroxylation is 3. The van der Waals surface area contributed by atoms with E-state index in [0.717, 1.165) is 40.7 Å². The van der Waals surface area contributed by atoms with Gasteiger partial charge in [0, 0.05) is 62.3 Å². The van der Waals surface area contributed by atoms with E-state index in [1.165, 1.54) is 13.2 Å². The number of pyridine rings is 2. The first-order valence-electron chi connectivity index (χ1n) is 16.0. The number of nitrogens with one attached hydrogen (secondary N) is 3. The molecule has 3 aromatic heterocycles. The standard InChI is InChI=1S/C35H42FN7O4/c1-20(2)33-28-14-24(15-29(36)32(28)42-43(33)4)27-16-30(41-35(46)21-7-6-8-26(13-21)40-31(44)19-47-5)39-17-22(27)9-11-25-12-10-23(18-38-25)34(45)37-3/h10,12,14-18,20-21,26H,6-9,11,13,19H2,1-5H3,(H,37,45)(H,40,44)(H,39,41,46)/t21-,26+/m0/s1. The van der Waals surface area contributed by atoms with Crippen molar-refractivity contribution in [3.8, 4) is 11.1 Å². The molecular formula is C35H42FN7O4. The molecule has 4 aromatic rings. The van der Waals surface area contributed by atoms with E-state index in [0.29, 0.717) is 48.1 Å². The van der Waals surface area contributed by atoms with Gasteiger partial charge in [0.1, 0.15) is 17.9 Å². The van der Waals surface area contributed by atoms with Crippen LogP contribution < -0.4 is 16.0 Å². The summed E-state index contributed by atoms with van der Waals surface area (Å²) in [4.78, 5) is 46.4. The number of anilines is 1. The molecule has 0 saturated heterocycles. The zero-order valence-corrected chi connectivity index (χ0v) is 27.5. The first-order valence-corrected chi connectivity index (χ1v) is 16.0. The van der Waals surface area contributed by atoms with Gasteiger partial charge in [0.15, 0.2) is 5.82 Å². The van der Waals surface area contributed by atoms with Gasteiger partial charge in [-0.2, -0.15) is 5.10 Å². The van der Waals surface area contributed by atoms with Crippen molar-refractivity contribution in [2.45, 2.75) is 64.3 Å². The van der Waals surface area contributed by atoms with Crippen LogP contribution in [0, 0.1) is 11.7 Å². The molecule has 2 atom stereocenters. The number of ether oxygens (including phenoxy) is 1. The van der Waals surface area contributed by atoms with Crippen molar-refractivity contribution in [2.75, 3.05) is 26.1 Å². The van der Waals surface area contributed by atoms with Gasteiger partial charge in [-0.1, -0.05) is 20.3 Å². The molecule has 5 rings (SSSR count). The Labute approximate surface area is 273 Å². The molecule has 47 heavy (non-hydrogen) atoms. The van der Waals surface area contributed by atoms with Gasteiger partial charge in [0.25, 0.3) is 5.91 Å². The molecule has 1 aliphatic carbocycles. The van der Waals surface area contributed by atoms with Crippen molar-refractivity contribution in [1.82, 2.24) is 30.4 Å². The van der Waals surface area contributed by atoms with E-state index in [9.17, 15) is 14.4 Å². The topological polar surface area (TPSA) is 140 Å². The number of carbonyl (C=O) groups excluding carboxylic acids is 3. The maximum absolute atomic E-state index is 15.6. The summed E-state index contributed by atoms with van der Waals surface area (Å²) in [5, 5.41) is 13.7. The van der Waals surface area contributed by atoms with E-state index < -0.39 is 5.82 Å². The van der Waals surface area contributed by atoms with Crippen molar-refractivity contribution < 1.29 is 23.5 Å². The predicted octanol–water partition coefficient (Wildman–Crippen LogP) is 4.70. The molecular weight excluding hydrogens is 601 g/mol. The summed E-state index contributed by atoms with van der Waals surface area (Å²) < 4.78 is 22.2. The molecule has 1 aromatic carbocycles. The Morgan fingerprint density at radius 2 is 1.89 bits per heavy atom. The highest BCUT2D eigenvalue weighted by atomic mass is 19.1. The van der Waals surface area contributed by atoms with E-state index in [1.54, 1.807) is 36.3 Å². The summed E-state index contributed by atoms with van der Waals surface area (Å²) in [6, 6.07) is 8.68. The van der Waals surface area contributed by atoms with Gasteiger partial charge < -0.3 is 20.7 Å². The smallest absolute Gasteiger partial charge is 0.252 e. The fraction of sp³-hybridized carbons (Fsp3) is 0.429. The van der Waals surface area contributed by atoms with Crippen molar-refractivity contribution in [2.24, 2.45) is 13.0 Å². The van der Waals surface area contributed by atoms with Crippen LogP contribution in [0.15, 0.2) is 42.7 Å². The van der Waals surface area contributed by atoms with Crippen LogP contribution in [0.2, 0.25) is 0 Å². The lowest BCUT2D eigenvalue weighted by Gasteiger charge is -2.29. The average Bonchev–Trinajstić information content (AvgIpc) is 3.40. The van der Waals surface area contributed by atoms with Crippen molar-refractivity contribution >= 4 is 34.4 Å². The van der Waals surface area contributed by atoms with Crippen LogP contribution in [-0.2, 0) is 34.2 Å². The molecule has 12 heteroatoms. The van der Waals surface area contributed by atoms with Gasteiger partial charge in [0.2, 0.25) is 11.8 Å². The minimum Gasteiger partial charge on any atom is -0.375 e. The minimum absolute atomic E-state index is 0.0200. The van der Waals surface area contributed by atoms with Gasteiger partial charge in [-0.3, -0.25) is 24.0 Å². The summed E-state index contributed by atoms with van der Waals surface area (Å²) in [5.41, 5.74) is 4.75. The van der Waals surface area contributed by atoms with Crippen molar-refractivity contribution in [3.05, 3.63) is 71.1 Å². The van der Waals surface area contributed by atoms with E-state index >= 15 is 4.39 Å². The van der Waals surface area contributed by atoms with E-state index in [2.05, 4.69) is 31.0 Å². The van der Waals surface area contributed by atoms with Gasteiger partial charge in [0.05, 0.1) is 5.56 Å². The summed E-state index contributed by atoms with van der Waals surface area (Å²) in [7, 11) is 4.86. The fourth-order valence-electron chi connectivity index (χ4n) is 6.44. The fourth-order valence-corrected chi connectivity index (χ4v) is 6.44. The van der Waals surface area contributed by atoms with Crippen molar-refractivity contribution in [1.29, 1.82) is 0 Å². The normalized spacial score (nSPS) is 16.3. The maximum atomic E-state index is 15.6. The Balaban J connectivity index is 1.44. The van der Waals surface area contributed by atoms with Crippen LogP contribution in [0.4, 0.5) is 10.2 Å². The molecule has 3 N–H and O–H groups in total. The Hall–Kier alpha value is -4.71. The van der Waals surface area contributed by atoms with Gasteiger partial charge in [-0.05, 0) is 85.0 Å². The predicted molar refractivity (Wildman–Crippen MR) is 177 cm³/mol. The summed E-state index contributed by atoms with van der Waals surface area (Å²) >= 11 is 0. The number of aromatic nitrogens is 4. The second-order valence-electron chi connectivity index (χ2n) is 12.4. The number of hydrogen-bond donors (Lipinski definition) is 3. The molecule has 3 heterocycles. The van der Waals surface area contributed by atoms with Crippen LogP contribution in [-0.4, -0.2) is 64.3 Å². The van der Waals surface area contributed by atoms with Crippen LogP contribution >= 0.6 is 0 Å². The number of fused-ring (bicyclic) bond motifs is 1. The molecule has 0 unspecified atom stereocenters. The third-order valence-corrected chi connectivity index (χ3v) is 8.68. The number of amides is 3.